The monoisotopic (exact) mass is 472 g/mol. The first kappa shape index (κ1) is 24.8. The highest BCUT2D eigenvalue weighted by Gasteiger charge is 2.21. The molecule has 0 fully saturated rings. The van der Waals surface area contributed by atoms with E-state index in [0.717, 1.165) is 5.56 Å². The number of aromatic nitrogens is 2. The summed E-state index contributed by atoms with van der Waals surface area (Å²) in [5, 5.41) is 9.79. The molecule has 0 spiro atoms. The minimum Gasteiger partial charge on any atom is -0.434 e. The molecule has 0 saturated carbocycles. The van der Waals surface area contributed by atoms with Gasteiger partial charge in [-0.1, -0.05) is 31.2 Å². The van der Waals surface area contributed by atoms with E-state index in [1.807, 2.05) is 18.2 Å². The number of nitrogens with zero attached hydrogens (tertiary/aromatic N) is 2. The number of benzene rings is 2. The van der Waals surface area contributed by atoms with Crippen molar-refractivity contribution >= 4 is 17.6 Å². The Morgan fingerprint density at radius 3 is 2.53 bits per heavy atom. The SMILES string of the molecule is CCC(=O)c1nn(-c2ccccc2)c(NC(=O)NCc2cc(COC)ccc2OC(F)F)c1C. The summed E-state index contributed by atoms with van der Waals surface area (Å²) < 4.78 is 36.7. The van der Waals surface area contributed by atoms with Crippen LogP contribution in [0.25, 0.3) is 5.69 Å². The summed E-state index contributed by atoms with van der Waals surface area (Å²) in [7, 11) is 1.52. The fraction of sp³-hybridized carbons (Fsp3) is 0.292. The third kappa shape index (κ3) is 5.96. The van der Waals surface area contributed by atoms with E-state index in [0.29, 0.717) is 22.6 Å². The quantitative estimate of drug-likeness (QED) is 0.412. The van der Waals surface area contributed by atoms with Crippen LogP contribution in [0.15, 0.2) is 48.5 Å². The number of hydrogen-bond donors (Lipinski definition) is 2. The van der Waals surface area contributed by atoms with E-state index >= 15 is 0 Å². The first-order valence-corrected chi connectivity index (χ1v) is 10.6. The molecule has 3 aromatic rings. The third-order valence-corrected chi connectivity index (χ3v) is 5.03. The molecule has 180 valence electrons. The lowest BCUT2D eigenvalue weighted by Gasteiger charge is -2.14. The smallest absolute Gasteiger partial charge is 0.387 e. The standard InChI is InChI=1S/C24H26F2N4O4/c1-4-19(31)21-15(2)22(30(29-21)18-8-6-5-7-9-18)28-24(32)27-13-17-12-16(14-33-3)10-11-20(17)34-23(25)26/h5-12,23H,4,13-14H2,1-3H3,(H2,27,28,32). The number of ketones is 1. The Hall–Kier alpha value is -3.79. The predicted molar refractivity (Wildman–Crippen MR) is 123 cm³/mol. The Bertz CT molecular complexity index is 1150. The Morgan fingerprint density at radius 2 is 1.88 bits per heavy atom. The van der Waals surface area contributed by atoms with Crippen molar-refractivity contribution in [2.45, 2.75) is 40.0 Å². The van der Waals surface area contributed by atoms with Gasteiger partial charge < -0.3 is 14.8 Å². The van der Waals surface area contributed by atoms with E-state index in [1.165, 1.54) is 17.9 Å². The highest BCUT2D eigenvalue weighted by molar-refractivity contribution is 5.98. The number of para-hydroxylation sites is 1. The first-order chi connectivity index (χ1) is 16.3. The van der Waals surface area contributed by atoms with E-state index in [9.17, 15) is 18.4 Å². The molecule has 0 aliphatic heterocycles. The summed E-state index contributed by atoms with van der Waals surface area (Å²) in [4.78, 5) is 25.1. The topological polar surface area (TPSA) is 94.5 Å². The van der Waals surface area contributed by atoms with Crippen molar-refractivity contribution in [3.8, 4) is 11.4 Å². The molecule has 8 nitrogen and oxygen atoms in total. The minimum absolute atomic E-state index is 0.0449. The van der Waals surface area contributed by atoms with Gasteiger partial charge in [0, 0.05) is 31.2 Å². The fourth-order valence-electron chi connectivity index (χ4n) is 3.40. The maximum absolute atomic E-state index is 12.8. The van der Waals surface area contributed by atoms with Crippen LogP contribution in [0.3, 0.4) is 0 Å². The van der Waals surface area contributed by atoms with Crippen molar-refractivity contribution in [1.29, 1.82) is 0 Å². The number of rotatable bonds is 10. The molecule has 2 N–H and O–H groups in total. The summed E-state index contributed by atoms with van der Waals surface area (Å²) in [6.07, 6.45) is 0.267. The molecule has 10 heteroatoms. The van der Waals surface area contributed by atoms with Crippen LogP contribution in [0, 0.1) is 6.92 Å². The summed E-state index contributed by atoms with van der Waals surface area (Å²) in [6.45, 7) is 0.633. The number of hydrogen-bond acceptors (Lipinski definition) is 5. The molecule has 0 atom stereocenters. The van der Waals surface area contributed by atoms with Crippen molar-refractivity contribution in [1.82, 2.24) is 15.1 Å². The number of methoxy groups -OCH3 is 1. The van der Waals surface area contributed by atoms with Crippen LogP contribution in [-0.4, -0.2) is 35.3 Å². The second-order valence-electron chi connectivity index (χ2n) is 7.41. The summed E-state index contributed by atoms with van der Waals surface area (Å²) in [6, 6.07) is 13.1. The predicted octanol–water partition coefficient (Wildman–Crippen LogP) is 4.84. The average Bonchev–Trinajstić information content (AvgIpc) is 3.15. The first-order valence-electron chi connectivity index (χ1n) is 10.6. The van der Waals surface area contributed by atoms with E-state index < -0.39 is 12.6 Å². The second kappa shape index (κ2) is 11.4. The van der Waals surface area contributed by atoms with Gasteiger partial charge in [-0.2, -0.15) is 13.9 Å². The number of carbonyl (C=O) groups is 2. The van der Waals surface area contributed by atoms with Crippen LogP contribution >= 0.6 is 0 Å². The highest BCUT2D eigenvalue weighted by Crippen LogP contribution is 2.25. The van der Waals surface area contributed by atoms with Gasteiger partial charge in [-0.25, -0.2) is 9.48 Å². The van der Waals surface area contributed by atoms with Crippen LogP contribution in [-0.2, 0) is 17.9 Å². The number of alkyl halides is 2. The van der Waals surface area contributed by atoms with Gasteiger partial charge in [0.15, 0.2) is 5.78 Å². The molecule has 0 aliphatic carbocycles. The Balaban J connectivity index is 1.83. The molecule has 2 amide bonds. The van der Waals surface area contributed by atoms with Gasteiger partial charge >= 0.3 is 12.6 Å². The number of Topliss-reactive ketones (excluding diaryl/α,β-unsaturated/α-hetero) is 1. The van der Waals surface area contributed by atoms with Gasteiger partial charge in [0.25, 0.3) is 0 Å². The van der Waals surface area contributed by atoms with Crippen molar-refractivity contribution in [3.63, 3.8) is 0 Å². The van der Waals surface area contributed by atoms with Crippen molar-refractivity contribution in [3.05, 3.63) is 70.9 Å². The molecule has 0 aliphatic rings. The zero-order chi connectivity index (χ0) is 24.7. The maximum Gasteiger partial charge on any atom is 0.387 e. The Morgan fingerprint density at radius 1 is 1.15 bits per heavy atom. The third-order valence-electron chi connectivity index (χ3n) is 5.03. The molecule has 0 unspecified atom stereocenters. The van der Waals surface area contributed by atoms with E-state index in [4.69, 9.17) is 4.74 Å². The number of carbonyl (C=O) groups excluding carboxylic acids is 2. The average molecular weight is 472 g/mol. The van der Waals surface area contributed by atoms with E-state index in [-0.39, 0.29) is 36.8 Å². The number of amides is 2. The van der Waals surface area contributed by atoms with Gasteiger partial charge in [0.05, 0.1) is 12.3 Å². The van der Waals surface area contributed by atoms with Crippen molar-refractivity contribution < 1.29 is 27.8 Å². The number of halogens is 2. The molecule has 0 bridgehead atoms. The van der Waals surface area contributed by atoms with E-state index in [2.05, 4.69) is 20.5 Å². The molecule has 0 radical (unpaired) electrons. The lowest BCUT2D eigenvalue weighted by Crippen LogP contribution is -2.29. The van der Waals surface area contributed by atoms with Crippen LogP contribution in [0.1, 0.15) is 40.5 Å². The Kier molecular flexibility index (Phi) is 8.31. The van der Waals surface area contributed by atoms with Crippen LogP contribution < -0.4 is 15.4 Å². The lowest BCUT2D eigenvalue weighted by atomic mass is 10.1. The number of urea groups is 1. The van der Waals surface area contributed by atoms with E-state index in [1.54, 1.807) is 38.1 Å². The second-order valence-corrected chi connectivity index (χ2v) is 7.41. The lowest BCUT2D eigenvalue weighted by molar-refractivity contribution is -0.0504. The molecule has 0 saturated heterocycles. The van der Waals surface area contributed by atoms with Crippen LogP contribution in [0.5, 0.6) is 5.75 Å². The van der Waals surface area contributed by atoms with Crippen molar-refractivity contribution in [2.24, 2.45) is 0 Å². The zero-order valence-corrected chi connectivity index (χ0v) is 19.1. The van der Waals surface area contributed by atoms with Crippen molar-refractivity contribution in [2.75, 3.05) is 12.4 Å². The molecular formula is C24H26F2N4O4. The fourth-order valence-corrected chi connectivity index (χ4v) is 3.40. The Labute approximate surface area is 195 Å². The zero-order valence-electron chi connectivity index (χ0n) is 19.1. The van der Waals surface area contributed by atoms with Crippen LogP contribution in [0.2, 0.25) is 0 Å². The van der Waals surface area contributed by atoms with Gasteiger partial charge in [-0.3, -0.25) is 10.1 Å². The molecule has 1 aromatic heterocycles. The molecule has 1 heterocycles. The minimum atomic E-state index is -3.00. The number of anilines is 1. The molecular weight excluding hydrogens is 446 g/mol. The largest absolute Gasteiger partial charge is 0.434 e. The number of ether oxygens (including phenoxy) is 2. The van der Waals surface area contributed by atoms with Crippen LogP contribution in [0.4, 0.5) is 19.4 Å². The van der Waals surface area contributed by atoms with Gasteiger partial charge in [-0.05, 0) is 36.8 Å². The maximum atomic E-state index is 12.8. The summed E-state index contributed by atoms with van der Waals surface area (Å²) in [5.41, 5.74) is 2.55. The summed E-state index contributed by atoms with van der Waals surface area (Å²) >= 11 is 0. The number of nitrogens with one attached hydrogen (secondary N) is 2. The van der Waals surface area contributed by atoms with Gasteiger partial charge in [-0.15, -0.1) is 0 Å². The molecule has 34 heavy (non-hydrogen) atoms. The van der Waals surface area contributed by atoms with Gasteiger partial charge in [0.2, 0.25) is 0 Å². The summed E-state index contributed by atoms with van der Waals surface area (Å²) in [5.74, 6) is 0.133. The molecule has 3 rings (SSSR count). The van der Waals surface area contributed by atoms with Gasteiger partial charge in [0.1, 0.15) is 17.3 Å². The highest BCUT2D eigenvalue weighted by atomic mass is 19.3. The normalized spacial score (nSPS) is 10.9. The molecule has 2 aromatic carbocycles.